The second kappa shape index (κ2) is 5.53. The fourth-order valence-electron chi connectivity index (χ4n) is 2.20. The van der Waals surface area contributed by atoms with Crippen LogP contribution in [-0.4, -0.2) is 43.7 Å². The molecule has 0 radical (unpaired) electrons. The standard InChI is InChI=1S/C12H23N3O/c1-15-8-5-10(6-9-15)4-7-13-12(16)14-11-2-3-11/h10-11H,2-9H2,1H3,(H2,13,14,16). The van der Waals surface area contributed by atoms with Gasteiger partial charge >= 0.3 is 6.03 Å². The summed E-state index contributed by atoms with van der Waals surface area (Å²) < 4.78 is 0. The fourth-order valence-corrected chi connectivity index (χ4v) is 2.20. The largest absolute Gasteiger partial charge is 0.338 e. The molecule has 0 unspecified atom stereocenters. The molecule has 2 amide bonds. The number of urea groups is 1. The Morgan fingerprint density at radius 2 is 1.94 bits per heavy atom. The molecule has 2 rings (SSSR count). The van der Waals surface area contributed by atoms with E-state index in [1.807, 2.05) is 0 Å². The first kappa shape index (κ1) is 11.7. The SMILES string of the molecule is CN1CCC(CCNC(=O)NC2CC2)CC1. The van der Waals surface area contributed by atoms with Crippen molar-refractivity contribution in [3.8, 4) is 0 Å². The molecule has 0 aromatic heterocycles. The first-order valence-electron chi connectivity index (χ1n) is 6.47. The van der Waals surface area contributed by atoms with Crippen molar-refractivity contribution in [2.24, 2.45) is 5.92 Å². The Balaban J connectivity index is 1.51. The lowest BCUT2D eigenvalue weighted by Gasteiger charge is -2.28. The number of rotatable bonds is 4. The summed E-state index contributed by atoms with van der Waals surface area (Å²) in [5, 5.41) is 5.89. The molecule has 2 N–H and O–H groups in total. The molecule has 1 saturated carbocycles. The Morgan fingerprint density at radius 1 is 1.25 bits per heavy atom. The van der Waals surface area contributed by atoms with Crippen molar-refractivity contribution in [1.82, 2.24) is 15.5 Å². The predicted molar refractivity (Wildman–Crippen MR) is 64.4 cm³/mol. The van der Waals surface area contributed by atoms with E-state index >= 15 is 0 Å². The Kier molecular flexibility index (Phi) is 4.04. The molecule has 2 aliphatic rings. The summed E-state index contributed by atoms with van der Waals surface area (Å²) in [7, 11) is 2.18. The zero-order valence-corrected chi connectivity index (χ0v) is 10.2. The predicted octanol–water partition coefficient (Wildman–Crippen LogP) is 1.18. The Morgan fingerprint density at radius 3 is 2.56 bits per heavy atom. The molecular formula is C12H23N3O. The van der Waals surface area contributed by atoms with Gasteiger partial charge in [-0.3, -0.25) is 0 Å². The zero-order chi connectivity index (χ0) is 11.4. The van der Waals surface area contributed by atoms with E-state index in [1.54, 1.807) is 0 Å². The number of amides is 2. The Bertz CT molecular complexity index is 232. The molecule has 0 atom stereocenters. The van der Waals surface area contributed by atoms with Gasteiger partial charge in [-0.05, 0) is 58.2 Å². The summed E-state index contributed by atoms with van der Waals surface area (Å²) in [6, 6.07) is 0.485. The summed E-state index contributed by atoms with van der Waals surface area (Å²) in [4.78, 5) is 13.7. The summed E-state index contributed by atoms with van der Waals surface area (Å²) in [5.41, 5.74) is 0. The smallest absolute Gasteiger partial charge is 0.315 e. The fraction of sp³-hybridized carbons (Fsp3) is 0.917. The van der Waals surface area contributed by atoms with Gasteiger partial charge in [-0.2, -0.15) is 0 Å². The van der Waals surface area contributed by atoms with Crippen molar-refractivity contribution in [2.75, 3.05) is 26.7 Å². The van der Waals surface area contributed by atoms with Gasteiger partial charge in [0, 0.05) is 12.6 Å². The van der Waals surface area contributed by atoms with E-state index in [-0.39, 0.29) is 6.03 Å². The number of carbonyl (C=O) groups is 1. The highest BCUT2D eigenvalue weighted by Crippen LogP contribution is 2.19. The van der Waals surface area contributed by atoms with Gasteiger partial charge in [-0.25, -0.2) is 4.79 Å². The van der Waals surface area contributed by atoms with Crippen molar-refractivity contribution >= 4 is 6.03 Å². The van der Waals surface area contributed by atoms with Crippen molar-refractivity contribution in [3.63, 3.8) is 0 Å². The highest BCUT2D eigenvalue weighted by atomic mass is 16.2. The second-order valence-corrected chi connectivity index (χ2v) is 5.21. The van der Waals surface area contributed by atoms with E-state index in [2.05, 4.69) is 22.6 Å². The molecule has 2 fully saturated rings. The molecule has 0 aromatic rings. The van der Waals surface area contributed by atoms with Crippen LogP contribution >= 0.6 is 0 Å². The van der Waals surface area contributed by atoms with Crippen LogP contribution in [0.3, 0.4) is 0 Å². The maximum atomic E-state index is 11.4. The minimum absolute atomic E-state index is 0.0235. The van der Waals surface area contributed by atoms with E-state index in [0.29, 0.717) is 6.04 Å². The number of carbonyl (C=O) groups excluding carboxylic acids is 1. The molecule has 1 aliphatic heterocycles. The molecule has 16 heavy (non-hydrogen) atoms. The number of piperidine rings is 1. The summed E-state index contributed by atoms with van der Waals surface area (Å²) >= 11 is 0. The van der Waals surface area contributed by atoms with E-state index in [1.165, 1.54) is 25.9 Å². The molecule has 4 heteroatoms. The lowest BCUT2D eigenvalue weighted by atomic mass is 9.94. The molecule has 92 valence electrons. The van der Waals surface area contributed by atoms with Crippen LogP contribution in [0.25, 0.3) is 0 Å². The minimum Gasteiger partial charge on any atom is -0.338 e. The molecule has 4 nitrogen and oxygen atoms in total. The van der Waals surface area contributed by atoms with Crippen LogP contribution < -0.4 is 10.6 Å². The first-order chi connectivity index (χ1) is 7.74. The second-order valence-electron chi connectivity index (χ2n) is 5.21. The van der Waals surface area contributed by atoms with Crippen LogP contribution in [0.5, 0.6) is 0 Å². The lowest BCUT2D eigenvalue weighted by molar-refractivity contribution is 0.209. The van der Waals surface area contributed by atoms with Crippen LogP contribution in [0, 0.1) is 5.92 Å². The van der Waals surface area contributed by atoms with Gasteiger partial charge in [0.05, 0.1) is 0 Å². The molecule has 1 aliphatic carbocycles. The highest BCUT2D eigenvalue weighted by Gasteiger charge is 2.23. The van der Waals surface area contributed by atoms with Crippen LogP contribution in [0.15, 0.2) is 0 Å². The molecular weight excluding hydrogens is 202 g/mol. The lowest BCUT2D eigenvalue weighted by Crippen LogP contribution is -2.38. The van der Waals surface area contributed by atoms with Gasteiger partial charge in [0.15, 0.2) is 0 Å². The average molecular weight is 225 g/mol. The van der Waals surface area contributed by atoms with Crippen molar-refractivity contribution < 1.29 is 4.79 Å². The highest BCUT2D eigenvalue weighted by molar-refractivity contribution is 5.74. The van der Waals surface area contributed by atoms with Gasteiger partial charge in [-0.15, -0.1) is 0 Å². The molecule has 0 spiro atoms. The van der Waals surface area contributed by atoms with E-state index < -0.39 is 0 Å². The van der Waals surface area contributed by atoms with Crippen LogP contribution in [-0.2, 0) is 0 Å². The quantitative estimate of drug-likeness (QED) is 0.754. The molecule has 0 aromatic carbocycles. The Hall–Kier alpha value is -0.770. The van der Waals surface area contributed by atoms with Gasteiger partial charge in [-0.1, -0.05) is 0 Å². The zero-order valence-electron chi connectivity index (χ0n) is 10.2. The van der Waals surface area contributed by atoms with Gasteiger partial charge in [0.1, 0.15) is 0 Å². The van der Waals surface area contributed by atoms with Gasteiger partial charge in [0.25, 0.3) is 0 Å². The third kappa shape index (κ3) is 4.00. The molecule has 1 saturated heterocycles. The number of likely N-dealkylation sites (tertiary alicyclic amines) is 1. The van der Waals surface area contributed by atoms with E-state index in [0.717, 1.165) is 31.7 Å². The summed E-state index contributed by atoms with van der Waals surface area (Å²) in [6.07, 6.45) is 6.00. The number of hydrogen-bond donors (Lipinski definition) is 2. The normalized spacial score (nSPS) is 23.1. The summed E-state index contributed by atoms with van der Waals surface area (Å²) in [6.45, 7) is 3.24. The minimum atomic E-state index is 0.0235. The van der Waals surface area contributed by atoms with Crippen molar-refractivity contribution in [3.05, 3.63) is 0 Å². The number of hydrogen-bond acceptors (Lipinski definition) is 2. The van der Waals surface area contributed by atoms with Crippen LogP contribution in [0.2, 0.25) is 0 Å². The third-order valence-electron chi connectivity index (χ3n) is 3.59. The van der Waals surface area contributed by atoms with E-state index in [9.17, 15) is 4.79 Å². The van der Waals surface area contributed by atoms with Crippen molar-refractivity contribution in [1.29, 1.82) is 0 Å². The van der Waals surface area contributed by atoms with Crippen molar-refractivity contribution in [2.45, 2.75) is 38.1 Å². The molecule has 1 heterocycles. The van der Waals surface area contributed by atoms with Gasteiger partial charge < -0.3 is 15.5 Å². The number of nitrogens with one attached hydrogen (secondary N) is 2. The topological polar surface area (TPSA) is 44.4 Å². The van der Waals surface area contributed by atoms with E-state index in [4.69, 9.17) is 0 Å². The average Bonchev–Trinajstić information content (AvgIpc) is 3.05. The monoisotopic (exact) mass is 225 g/mol. The van der Waals surface area contributed by atoms with Crippen LogP contribution in [0.1, 0.15) is 32.1 Å². The summed E-state index contributed by atoms with van der Waals surface area (Å²) in [5.74, 6) is 0.803. The number of nitrogens with zero attached hydrogens (tertiary/aromatic N) is 1. The first-order valence-corrected chi connectivity index (χ1v) is 6.47. The maximum absolute atomic E-state index is 11.4. The molecule has 0 bridgehead atoms. The third-order valence-corrected chi connectivity index (χ3v) is 3.59. The van der Waals surface area contributed by atoms with Crippen LogP contribution in [0.4, 0.5) is 4.79 Å². The van der Waals surface area contributed by atoms with Gasteiger partial charge in [0.2, 0.25) is 0 Å². The Labute approximate surface area is 97.8 Å². The maximum Gasteiger partial charge on any atom is 0.315 e.